The Balaban J connectivity index is 1.34. The van der Waals surface area contributed by atoms with Crippen LogP contribution in [0.2, 0.25) is 5.02 Å². The van der Waals surface area contributed by atoms with E-state index in [-0.39, 0.29) is 30.7 Å². The van der Waals surface area contributed by atoms with Gasteiger partial charge < -0.3 is 19.9 Å². The number of likely N-dealkylation sites (N-methyl/N-ethyl adjacent to an activating group) is 1. The highest BCUT2D eigenvalue weighted by Gasteiger charge is 2.32. The Labute approximate surface area is 253 Å². The number of fused-ring (bicyclic) bond motifs is 1. The van der Waals surface area contributed by atoms with Crippen molar-refractivity contribution in [2.75, 3.05) is 32.0 Å². The predicted octanol–water partition coefficient (Wildman–Crippen LogP) is 4.25. The molecule has 12 heteroatoms. The second-order valence-corrected chi connectivity index (χ2v) is 11.2. The van der Waals surface area contributed by atoms with Gasteiger partial charge in [0.2, 0.25) is 5.91 Å². The molecule has 0 saturated carbocycles. The Morgan fingerprint density at radius 2 is 1.81 bits per heavy atom. The number of nitrogens with zero attached hydrogens (tertiary/aromatic N) is 5. The molecule has 11 nitrogen and oxygen atoms in total. The van der Waals surface area contributed by atoms with Crippen molar-refractivity contribution in [3.63, 3.8) is 0 Å². The molecule has 224 valence electrons. The van der Waals surface area contributed by atoms with Crippen molar-refractivity contribution in [3.8, 4) is 5.69 Å². The summed E-state index contributed by atoms with van der Waals surface area (Å²) in [7, 11) is 1.73. The molecule has 0 radical (unpaired) electrons. The molecule has 1 unspecified atom stereocenters. The largest absolute Gasteiger partial charge is 0.480 e. The third kappa shape index (κ3) is 6.18. The Morgan fingerprint density at radius 3 is 2.51 bits per heavy atom. The number of benzene rings is 2. The number of Topliss-reactive ketones (excluding diaryl/α,β-unsaturated/α-hetero) is 1. The smallest absolute Gasteiger partial charge is 0.322 e. The van der Waals surface area contributed by atoms with Crippen LogP contribution in [0.4, 0.5) is 5.69 Å². The zero-order chi connectivity index (χ0) is 30.8. The minimum atomic E-state index is -0.973. The van der Waals surface area contributed by atoms with Gasteiger partial charge in [-0.2, -0.15) is 5.10 Å². The number of carbonyl (C=O) groups excluding carboxylic acids is 3. The van der Waals surface area contributed by atoms with Gasteiger partial charge in [0.25, 0.3) is 5.91 Å². The molecule has 2 N–H and O–H groups in total. The summed E-state index contributed by atoms with van der Waals surface area (Å²) in [6.45, 7) is 4.72. The lowest BCUT2D eigenvalue weighted by molar-refractivity contribution is -0.147. The molecule has 1 aliphatic heterocycles. The first-order valence-electron chi connectivity index (χ1n) is 14.1. The van der Waals surface area contributed by atoms with Crippen molar-refractivity contribution in [2.24, 2.45) is 0 Å². The van der Waals surface area contributed by atoms with Crippen molar-refractivity contribution in [1.82, 2.24) is 24.1 Å². The number of aliphatic carboxylic acids is 1. The molecule has 1 fully saturated rings. The molecule has 4 aromatic rings. The van der Waals surface area contributed by atoms with Crippen molar-refractivity contribution in [3.05, 3.63) is 76.7 Å². The Morgan fingerprint density at radius 1 is 1.07 bits per heavy atom. The van der Waals surface area contributed by atoms with Gasteiger partial charge in [-0.25, -0.2) is 4.68 Å². The second-order valence-electron chi connectivity index (χ2n) is 10.7. The van der Waals surface area contributed by atoms with Gasteiger partial charge in [0.1, 0.15) is 12.6 Å². The van der Waals surface area contributed by atoms with Gasteiger partial charge in [-0.3, -0.25) is 24.1 Å². The summed E-state index contributed by atoms with van der Waals surface area (Å²) in [6, 6.07) is 11.5. The number of aromatic nitrogens is 3. The summed E-state index contributed by atoms with van der Waals surface area (Å²) in [4.78, 5) is 53.9. The van der Waals surface area contributed by atoms with E-state index in [9.17, 15) is 24.3 Å². The van der Waals surface area contributed by atoms with Gasteiger partial charge >= 0.3 is 5.97 Å². The fourth-order valence-corrected chi connectivity index (χ4v) is 5.56. The maximum atomic E-state index is 13.5. The minimum absolute atomic E-state index is 0.0534. The fraction of sp³-hybridized carbons (Fsp3) is 0.323. The van der Waals surface area contributed by atoms with E-state index in [0.29, 0.717) is 52.3 Å². The number of carboxylic acids is 1. The van der Waals surface area contributed by atoms with Crippen molar-refractivity contribution in [2.45, 2.75) is 39.3 Å². The molecular formula is C31H33ClN6O5. The van der Waals surface area contributed by atoms with Gasteiger partial charge in [-0.05, 0) is 62.9 Å². The summed E-state index contributed by atoms with van der Waals surface area (Å²) in [5, 5.41) is 17.8. The van der Waals surface area contributed by atoms with E-state index in [4.69, 9.17) is 11.6 Å². The van der Waals surface area contributed by atoms with Crippen molar-refractivity contribution < 1.29 is 24.3 Å². The molecule has 43 heavy (non-hydrogen) atoms. The highest BCUT2D eigenvalue weighted by molar-refractivity contribution is 6.31. The lowest BCUT2D eigenvalue weighted by atomic mass is 10.1. The zero-order valence-corrected chi connectivity index (χ0v) is 25.0. The summed E-state index contributed by atoms with van der Waals surface area (Å²) in [6.07, 6.45) is 4.44. The SMILES string of the molecule is CCCC(=O)c1cnn(-c2ccc(NC(=O)c3cn(CC(=O)N4CCN(C)C(C(=O)O)C4)c4ccc(Cl)cc34)cc2)c1C. The summed E-state index contributed by atoms with van der Waals surface area (Å²) in [5.74, 6) is -1.52. The quantitative estimate of drug-likeness (QED) is 0.273. The zero-order valence-electron chi connectivity index (χ0n) is 24.2. The highest BCUT2D eigenvalue weighted by Crippen LogP contribution is 2.27. The topological polar surface area (TPSA) is 130 Å². The minimum Gasteiger partial charge on any atom is -0.480 e. The Kier molecular flexibility index (Phi) is 8.65. The summed E-state index contributed by atoms with van der Waals surface area (Å²) < 4.78 is 3.39. The van der Waals surface area contributed by atoms with Crippen LogP contribution in [0.5, 0.6) is 0 Å². The second kappa shape index (κ2) is 12.4. The normalized spacial score (nSPS) is 15.5. The number of piperazine rings is 1. The molecule has 1 aliphatic rings. The van der Waals surface area contributed by atoms with Crippen LogP contribution in [0.15, 0.2) is 54.9 Å². The monoisotopic (exact) mass is 604 g/mol. The van der Waals surface area contributed by atoms with Crippen LogP contribution in [0.3, 0.4) is 0 Å². The standard InChI is InChI=1S/C31H33ClN6O5/c1-4-5-28(39)24-15-33-38(19(24)2)22-9-7-21(8-10-22)34-30(41)25-16-37(26-11-6-20(32)14-23(25)26)18-29(40)36-13-12-35(3)27(17-36)31(42)43/h6-11,14-16,27H,4-5,12-13,17-18H2,1-3H3,(H,34,41)(H,42,43). The number of rotatable bonds is 9. The molecule has 2 aromatic carbocycles. The molecule has 3 heterocycles. The molecule has 1 atom stereocenters. The number of nitrogens with one attached hydrogen (secondary N) is 1. The number of hydrogen-bond acceptors (Lipinski definition) is 6. The third-order valence-electron chi connectivity index (χ3n) is 7.84. The number of halogens is 1. The number of hydrogen-bond donors (Lipinski definition) is 2. The Hall–Kier alpha value is -4.48. The fourth-order valence-electron chi connectivity index (χ4n) is 5.38. The van der Waals surface area contributed by atoms with Crippen LogP contribution in [-0.2, 0) is 16.1 Å². The van der Waals surface area contributed by atoms with Crippen LogP contribution >= 0.6 is 11.6 Å². The number of ketones is 1. The number of amides is 2. The number of anilines is 1. The van der Waals surface area contributed by atoms with Crippen LogP contribution in [0.1, 0.15) is 46.2 Å². The van der Waals surface area contributed by atoms with Crippen LogP contribution < -0.4 is 5.32 Å². The lowest BCUT2D eigenvalue weighted by Gasteiger charge is -2.37. The van der Waals surface area contributed by atoms with Crippen LogP contribution in [0.25, 0.3) is 16.6 Å². The number of carboxylic acid groups (broad SMARTS) is 1. The van der Waals surface area contributed by atoms with Gasteiger partial charge in [-0.1, -0.05) is 18.5 Å². The van der Waals surface area contributed by atoms with E-state index in [1.807, 2.05) is 26.0 Å². The summed E-state index contributed by atoms with van der Waals surface area (Å²) >= 11 is 6.27. The first kappa shape index (κ1) is 30.0. The van der Waals surface area contributed by atoms with Gasteiger partial charge in [-0.15, -0.1) is 0 Å². The van der Waals surface area contributed by atoms with E-state index in [0.717, 1.165) is 17.8 Å². The molecule has 1 saturated heterocycles. The summed E-state index contributed by atoms with van der Waals surface area (Å²) in [5.41, 5.74) is 3.66. The van der Waals surface area contributed by atoms with E-state index in [1.165, 1.54) is 0 Å². The van der Waals surface area contributed by atoms with Gasteiger partial charge in [0, 0.05) is 53.9 Å². The van der Waals surface area contributed by atoms with E-state index in [2.05, 4.69) is 10.4 Å². The van der Waals surface area contributed by atoms with Gasteiger partial charge in [0.15, 0.2) is 5.78 Å². The van der Waals surface area contributed by atoms with E-state index < -0.39 is 12.0 Å². The Bertz CT molecular complexity index is 1710. The molecule has 0 bridgehead atoms. The highest BCUT2D eigenvalue weighted by atomic mass is 35.5. The number of carbonyl (C=O) groups is 4. The molecular weight excluding hydrogens is 572 g/mol. The molecule has 0 spiro atoms. The average molecular weight is 605 g/mol. The average Bonchev–Trinajstić information content (AvgIpc) is 3.53. The van der Waals surface area contributed by atoms with Crippen molar-refractivity contribution in [1.29, 1.82) is 0 Å². The molecule has 0 aliphatic carbocycles. The third-order valence-corrected chi connectivity index (χ3v) is 8.07. The lowest BCUT2D eigenvalue weighted by Crippen LogP contribution is -2.56. The molecule has 5 rings (SSSR count). The molecule has 2 amide bonds. The maximum absolute atomic E-state index is 13.5. The maximum Gasteiger partial charge on any atom is 0.322 e. The molecule has 2 aromatic heterocycles. The van der Waals surface area contributed by atoms with Crippen molar-refractivity contribution >= 4 is 51.8 Å². The van der Waals surface area contributed by atoms with E-state index in [1.54, 1.807) is 68.8 Å². The first-order chi connectivity index (χ1) is 20.6. The predicted molar refractivity (Wildman–Crippen MR) is 163 cm³/mol. The van der Waals surface area contributed by atoms with Crippen LogP contribution in [0, 0.1) is 6.92 Å². The first-order valence-corrected chi connectivity index (χ1v) is 14.4. The van der Waals surface area contributed by atoms with Crippen LogP contribution in [-0.4, -0.2) is 85.5 Å². The van der Waals surface area contributed by atoms with Gasteiger partial charge in [0.05, 0.1) is 28.7 Å². The van der Waals surface area contributed by atoms with E-state index >= 15 is 0 Å².